The lowest BCUT2D eigenvalue weighted by molar-refractivity contribution is 0.417. The van der Waals surface area contributed by atoms with Gasteiger partial charge in [0.05, 0.1) is 28.7 Å². The van der Waals surface area contributed by atoms with Crippen LogP contribution in [-0.2, 0) is 23.1 Å². The highest BCUT2D eigenvalue weighted by Gasteiger charge is 2.19. The van der Waals surface area contributed by atoms with E-state index in [4.69, 9.17) is 4.74 Å². The molecule has 3 aromatic rings. The van der Waals surface area contributed by atoms with Gasteiger partial charge in [0.1, 0.15) is 5.75 Å². The molecule has 7 nitrogen and oxygen atoms in total. The number of ether oxygens (including phenoxy) is 1. The summed E-state index contributed by atoms with van der Waals surface area (Å²) in [7, 11) is -2.35. The van der Waals surface area contributed by atoms with Gasteiger partial charge >= 0.3 is 5.69 Å². The van der Waals surface area contributed by atoms with E-state index in [-0.39, 0.29) is 10.6 Å². The summed E-state index contributed by atoms with van der Waals surface area (Å²) >= 11 is 0. The third-order valence-electron chi connectivity index (χ3n) is 4.28. The highest BCUT2D eigenvalue weighted by atomic mass is 32.2. The van der Waals surface area contributed by atoms with Crippen molar-refractivity contribution in [2.75, 3.05) is 11.8 Å². The molecule has 0 saturated carbocycles. The molecule has 0 saturated heterocycles. The van der Waals surface area contributed by atoms with Gasteiger partial charge in [0, 0.05) is 13.1 Å². The van der Waals surface area contributed by atoms with Gasteiger partial charge in [0.2, 0.25) is 0 Å². The minimum atomic E-state index is -3.83. The van der Waals surface area contributed by atoms with Gasteiger partial charge in [-0.25, -0.2) is 13.2 Å². The Bertz CT molecular complexity index is 1110. The Hall–Kier alpha value is -2.74. The molecule has 0 radical (unpaired) electrons. The first kappa shape index (κ1) is 18.1. The molecule has 0 aliphatic carbocycles. The summed E-state index contributed by atoms with van der Waals surface area (Å²) in [6.45, 7) is 4.73. The second-order valence-corrected chi connectivity index (χ2v) is 7.41. The van der Waals surface area contributed by atoms with Gasteiger partial charge in [0.15, 0.2) is 0 Å². The fourth-order valence-corrected chi connectivity index (χ4v) is 4.10. The van der Waals surface area contributed by atoms with Gasteiger partial charge in [-0.1, -0.05) is 12.1 Å². The van der Waals surface area contributed by atoms with Crippen LogP contribution in [0.4, 0.5) is 5.69 Å². The van der Waals surface area contributed by atoms with Crippen LogP contribution in [0.2, 0.25) is 0 Å². The third kappa shape index (κ3) is 2.96. The molecule has 0 amide bonds. The molecule has 2 aromatic carbocycles. The number of nitrogens with zero attached hydrogens (tertiary/aromatic N) is 2. The standard InChI is InChI=1S/C18H21N3O4S/c1-4-20-15-11-10-13(12-16(15)21(5-2)18(20)22)26(23,24)19-14-8-6-7-9-17(14)25-3/h6-12,19H,4-5H2,1-3H3. The SMILES string of the molecule is CCn1c(=O)n(CC)c2cc(S(=O)(=O)Nc3ccccc3OC)ccc21. The number of hydrogen-bond donors (Lipinski definition) is 1. The molecule has 138 valence electrons. The smallest absolute Gasteiger partial charge is 0.329 e. The molecule has 0 atom stereocenters. The number of aryl methyl sites for hydroxylation is 2. The highest BCUT2D eigenvalue weighted by molar-refractivity contribution is 7.92. The number of sulfonamides is 1. The topological polar surface area (TPSA) is 82.3 Å². The molecule has 0 aliphatic heterocycles. The zero-order valence-corrected chi connectivity index (χ0v) is 15.7. The Morgan fingerprint density at radius 2 is 1.65 bits per heavy atom. The van der Waals surface area contributed by atoms with Gasteiger partial charge in [0.25, 0.3) is 10.0 Å². The summed E-state index contributed by atoms with van der Waals surface area (Å²) in [6.07, 6.45) is 0. The second-order valence-electron chi connectivity index (χ2n) is 5.73. The number of fused-ring (bicyclic) bond motifs is 1. The second kappa shape index (κ2) is 6.87. The lowest BCUT2D eigenvalue weighted by Gasteiger charge is -2.12. The van der Waals surface area contributed by atoms with Crippen LogP contribution < -0.4 is 15.1 Å². The lowest BCUT2D eigenvalue weighted by atomic mass is 10.3. The number of imidazole rings is 1. The number of aromatic nitrogens is 2. The Morgan fingerprint density at radius 3 is 2.31 bits per heavy atom. The van der Waals surface area contributed by atoms with E-state index in [2.05, 4.69) is 4.72 Å². The van der Waals surface area contributed by atoms with Crippen molar-refractivity contribution >= 4 is 26.7 Å². The fourth-order valence-electron chi connectivity index (χ4n) is 3.01. The van der Waals surface area contributed by atoms with Gasteiger partial charge in [-0.2, -0.15) is 0 Å². The zero-order valence-electron chi connectivity index (χ0n) is 14.9. The molecule has 0 unspecified atom stereocenters. The van der Waals surface area contributed by atoms with Crippen LogP contribution in [0.1, 0.15) is 13.8 Å². The van der Waals surface area contributed by atoms with E-state index < -0.39 is 10.0 Å². The Balaban J connectivity index is 2.11. The Labute approximate surface area is 151 Å². The van der Waals surface area contributed by atoms with Crippen LogP contribution in [0.5, 0.6) is 5.75 Å². The molecule has 1 N–H and O–H groups in total. The van der Waals surface area contributed by atoms with Crippen molar-refractivity contribution in [2.45, 2.75) is 31.8 Å². The summed E-state index contributed by atoms with van der Waals surface area (Å²) in [6, 6.07) is 11.5. The average Bonchev–Trinajstić information content (AvgIpc) is 2.91. The van der Waals surface area contributed by atoms with E-state index in [9.17, 15) is 13.2 Å². The first-order chi connectivity index (χ1) is 12.4. The monoisotopic (exact) mass is 375 g/mol. The maximum absolute atomic E-state index is 12.8. The minimum absolute atomic E-state index is 0.0892. The third-order valence-corrected chi connectivity index (χ3v) is 5.65. The van der Waals surface area contributed by atoms with Crippen LogP contribution in [0.15, 0.2) is 52.2 Å². The van der Waals surface area contributed by atoms with Crippen LogP contribution in [0.3, 0.4) is 0 Å². The lowest BCUT2D eigenvalue weighted by Crippen LogP contribution is -2.23. The molecular weight excluding hydrogens is 354 g/mol. The Kier molecular flexibility index (Phi) is 4.78. The summed E-state index contributed by atoms with van der Waals surface area (Å²) in [4.78, 5) is 12.5. The van der Waals surface area contributed by atoms with Crippen LogP contribution in [-0.4, -0.2) is 24.7 Å². The van der Waals surface area contributed by atoms with E-state index in [1.165, 1.54) is 19.2 Å². The minimum Gasteiger partial charge on any atom is -0.495 e. The van der Waals surface area contributed by atoms with Crippen molar-refractivity contribution in [1.82, 2.24) is 9.13 Å². The van der Waals surface area contributed by atoms with Crippen LogP contribution >= 0.6 is 0 Å². The van der Waals surface area contributed by atoms with Gasteiger partial charge in [-0.3, -0.25) is 13.9 Å². The van der Waals surface area contributed by atoms with Crippen molar-refractivity contribution in [3.63, 3.8) is 0 Å². The zero-order chi connectivity index (χ0) is 18.9. The number of methoxy groups -OCH3 is 1. The predicted molar refractivity (Wildman–Crippen MR) is 101 cm³/mol. The Morgan fingerprint density at radius 1 is 1.00 bits per heavy atom. The summed E-state index contributed by atoms with van der Waals surface area (Å²) in [5, 5.41) is 0. The molecule has 0 aliphatic rings. The molecular formula is C18H21N3O4S. The van der Waals surface area contributed by atoms with E-state index in [0.29, 0.717) is 30.0 Å². The quantitative estimate of drug-likeness (QED) is 0.718. The number of hydrogen-bond acceptors (Lipinski definition) is 4. The number of nitrogens with one attached hydrogen (secondary N) is 1. The molecule has 1 heterocycles. The van der Waals surface area contributed by atoms with Gasteiger partial charge < -0.3 is 4.74 Å². The van der Waals surface area contributed by atoms with Gasteiger partial charge in [-0.05, 0) is 44.2 Å². The molecule has 8 heteroatoms. The first-order valence-electron chi connectivity index (χ1n) is 8.31. The maximum atomic E-state index is 12.8. The van der Waals surface area contributed by atoms with E-state index in [1.807, 2.05) is 13.8 Å². The number of anilines is 1. The first-order valence-corrected chi connectivity index (χ1v) is 9.80. The summed E-state index contributed by atoms with van der Waals surface area (Å²) < 4.78 is 36.6. The number of rotatable bonds is 6. The predicted octanol–water partition coefficient (Wildman–Crippen LogP) is 2.65. The van der Waals surface area contributed by atoms with Crippen molar-refractivity contribution in [1.29, 1.82) is 0 Å². The van der Waals surface area contributed by atoms with Gasteiger partial charge in [-0.15, -0.1) is 0 Å². The number of para-hydroxylation sites is 2. The largest absolute Gasteiger partial charge is 0.495 e. The van der Waals surface area contributed by atoms with E-state index in [1.54, 1.807) is 39.5 Å². The highest BCUT2D eigenvalue weighted by Crippen LogP contribution is 2.27. The fraction of sp³-hybridized carbons (Fsp3) is 0.278. The van der Waals surface area contributed by atoms with Crippen molar-refractivity contribution in [3.8, 4) is 5.75 Å². The summed E-state index contributed by atoms with van der Waals surface area (Å²) in [5.74, 6) is 0.430. The van der Waals surface area contributed by atoms with E-state index in [0.717, 1.165) is 5.52 Å². The van der Waals surface area contributed by atoms with E-state index >= 15 is 0 Å². The van der Waals surface area contributed by atoms with Crippen LogP contribution in [0.25, 0.3) is 11.0 Å². The van der Waals surface area contributed by atoms with Crippen molar-refractivity contribution in [2.24, 2.45) is 0 Å². The van der Waals surface area contributed by atoms with Crippen molar-refractivity contribution in [3.05, 3.63) is 52.9 Å². The average molecular weight is 375 g/mol. The molecule has 0 spiro atoms. The maximum Gasteiger partial charge on any atom is 0.329 e. The number of benzene rings is 2. The molecule has 0 fully saturated rings. The molecule has 3 rings (SSSR count). The van der Waals surface area contributed by atoms with Crippen LogP contribution in [0, 0.1) is 0 Å². The molecule has 26 heavy (non-hydrogen) atoms. The normalized spacial score (nSPS) is 11.7. The summed E-state index contributed by atoms with van der Waals surface area (Å²) in [5.41, 5.74) is 1.53. The molecule has 0 bridgehead atoms. The molecule has 1 aromatic heterocycles. The van der Waals surface area contributed by atoms with Crippen molar-refractivity contribution < 1.29 is 13.2 Å².